The van der Waals surface area contributed by atoms with Crippen molar-refractivity contribution >= 4 is 33.7 Å². The highest BCUT2D eigenvalue weighted by atomic mass is 79.9. The van der Waals surface area contributed by atoms with E-state index in [0.717, 1.165) is 9.37 Å². The number of benzene rings is 1. The van der Waals surface area contributed by atoms with E-state index >= 15 is 0 Å². The van der Waals surface area contributed by atoms with Crippen LogP contribution in [0.5, 0.6) is 5.75 Å². The Morgan fingerprint density at radius 3 is 2.57 bits per heavy atom. The first-order chi connectivity index (χ1) is 10.1. The number of carbonyl (C=O) groups is 3. The van der Waals surface area contributed by atoms with Crippen LogP contribution < -0.4 is 4.74 Å². The van der Waals surface area contributed by atoms with Gasteiger partial charge in [0.25, 0.3) is 0 Å². The molecule has 1 heterocycles. The SMILES string of the molecule is O=C(CN1C(=O)CCC1=O)OCCOc1cccc(Br)c1. The fourth-order valence-corrected chi connectivity index (χ4v) is 2.22. The molecule has 6 nitrogen and oxygen atoms in total. The predicted octanol–water partition coefficient (Wildman–Crippen LogP) is 1.52. The van der Waals surface area contributed by atoms with E-state index in [1.54, 1.807) is 12.1 Å². The fraction of sp³-hybridized carbons (Fsp3) is 0.357. The van der Waals surface area contributed by atoms with Gasteiger partial charge in [0, 0.05) is 17.3 Å². The average Bonchev–Trinajstić information content (AvgIpc) is 2.76. The van der Waals surface area contributed by atoms with E-state index < -0.39 is 5.97 Å². The van der Waals surface area contributed by atoms with Gasteiger partial charge in [-0.1, -0.05) is 22.0 Å². The van der Waals surface area contributed by atoms with Gasteiger partial charge < -0.3 is 9.47 Å². The van der Waals surface area contributed by atoms with Gasteiger partial charge in [-0.05, 0) is 18.2 Å². The summed E-state index contributed by atoms with van der Waals surface area (Å²) in [7, 11) is 0. The van der Waals surface area contributed by atoms with E-state index in [-0.39, 0.29) is 44.4 Å². The zero-order chi connectivity index (χ0) is 15.2. The largest absolute Gasteiger partial charge is 0.490 e. The molecule has 0 spiro atoms. The van der Waals surface area contributed by atoms with Gasteiger partial charge in [0.15, 0.2) is 0 Å². The molecule has 112 valence electrons. The van der Waals surface area contributed by atoms with E-state index in [2.05, 4.69) is 15.9 Å². The number of nitrogens with zero attached hydrogens (tertiary/aromatic N) is 1. The minimum atomic E-state index is -0.614. The molecule has 1 aromatic rings. The quantitative estimate of drug-likeness (QED) is 0.439. The van der Waals surface area contributed by atoms with Crippen molar-refractivity contribution in [2.24, 2.45) is 0 Å². The lowest BCUT2D eigenvalue weighted by atomic mass is 10.3. The number of carbonyl (C=O) groups excluding carboxylic acids is 3. The van der Waals surface area contributed by atoms with Gasteiger partial charge in [0.05, 0.1) is 0 Å². The normalized spacial score (nSPS) is 14.4. The molecule has 1 aliphatic rings. The van der Waals surface area contributed by atoms with Crippen molar-refractivity contribution in [2.75, 3.05) is 19.8 Å². The lowest BCUT2D eigenvalue weighted by molar-refractivity contribution is -0.152. The molecule has 1 saturated heterocycles. The van der Waals surface area contributed by atoms with Gasteiger partial charge in [-0.3, -0.25) is 19.3 Å². The monoisotopic (exact) mass is 355 g/mol. The van der Waals surface area contributed by atoms with Crippen molar-refractivity contribution in [3.05, 3.63) is 28.7 Å². The number of amides is 2. The molecule has 0 saturated carbocycles. The number of halogens is 1. The molecular weight excluding hydrogens is 342 g/mol. The molecule has 0 N–H and O–H groups in total. The highest BCUT2D eigenvalue weighted by Crippen LogP contribution is 2.17. The average molecular weight is 356 g/mol. The minimum absolute atomic E-state index is 0.0571. The molecule has 2 amide bonds. The van der Waals surface area contributed by atoms with Crippen LogP contribution in [-0.4, -0.2) is 42.4 Å². The standard InChI is InChI=1S/C14H14BrNO5/c15-10-2-1-3-11(8-10)20-6-7-21-14(19)9-16-12(17)4-5-13(16)18/h1-3,8H,4-7,9H2. The second kappa shape index (κ2) is 7.21. The summed E-state index contributed by atoms with van der Waals surface area (Å²) in [5.41, 5.74) is 0. The molecule has 0 aromatic heterocycles. The second-order valence-corrected chi connectivity index (χ2v) is 5.32. The number of rotatable bonds is 6. The first-order valence-electron chi connectivity index (χ1n) is 6.43. The van der Waals surface area contributed by atoms with E-state index in [9.17, 15) is 14.4 Å². The Bertz CT molecular complexity index is 544. The topological polar surface area (TPSA) is 72.9 Å². The summed E-state index contributed by atoms with van der Waals surface area (Å²) in [6, 6.07) is 7.28. The predicted molar refractivity (Wildman–Crippen MR) is 76.6 cm³/mol. The van der Waals surface area contributed by atoms with E-state index in [1.165, 1.54) is 0 Å². The van der Waals surface area contributed by atoms with Crippen LogP contribution >= 0.6 is 15.9 Å². The molecule has 21 heavy (non-hydrogen) atoms. The minimum Gasteiger partial charge on any atom is -0.490 e. The molecule has 1 fully saturated rings. The van der Waals surface area contributed by atoms with Crippen molar-refractivity contribution < 1.29 is 23.9 Å². The maximum absolute atomic E-state index is 11.5. The van der Waals surface area contributed by atoms with Gasteiger partial charge in [-0.15, -0.1) is 0 Å². The summed E-state index contributed by atoms with van der Waals surface area (Å²) >= 11 is 3.32. The molecule has 1 aromatic carbocycles. The van der Waals surface area contributed by atoms with Gasteiger partial charge in [0.1, 0.15) is 25.5 Å². The molecule has 1 aliphatic heterocycles. The Morgan fingerprint density at radius 2 is 1.90 bits per heavy atom. The molecule has 0 aliphatic carbocycles. The van der Waals surface area contributed by atoms with Crippen LogP contribution in [0.25, 0.3) is 0 Å². The highest BCUT2D eigenvalue weighted by Gasteiger charge is 2.30. The zero-order valence-corrected chi connectivity index (χ0v) is 12.8. The number of imide groups is 1. The first kappa shape index (κ1) is 15.5. The van der Waals surface area contributed by atoms with Crippen LogP contribution in [0.3, 0.4) is 0 Å². The van der Waals surface area contributed by atoms with E-state index in [4.69, 9.17) is 9.47 Å². The number of hydrogen-bond donors (Lipinski definition) is 0. The lowest BCUT2D eigenvalue weighted by Gasteiger charge is -2.13. The summed E-state index contributed by atoms with van der Waals surface area (Å²) < 4.78 is 11.2. The summed E-state index contributed by atoms with van der Waals surface area (Å²) in [6.45, 7) is -0.0692. The Balaban J connectivity index is 1.68. The van der Waals surface area contributed by atoms with Gasteiger partial charge >= 0.3 is 5.97 Å². The van der Waals surface area contributed by atoms with Crippen molar-refractivity contribution in [2.45, 2.75) is 12.8 Å². The van der Waals surface area contributed by atoms with Crippen molar-refractivity contribution in [3.63, 3.8) is 0 Å². The number of ether oxygens (including phenoxy) is 2. The third-order valence-electron chi connectivity index (χ3n) is 2.85. The fourth-order valence-electron chi connectivity index (χ4n) is 1.85. The number of hydrogen-bond acceptors (Lipinski definition) is 5. The first-order valence-corrected chi connectivity index (χ1v) is 7.23. The van der Waals surface area contributed by atoms with Crippen LogP contribution in [0, 0.1) is 0 Å². The lowest BCUT2D eigenvalue weighted by Crippen LogP contribution is -2.35. The summed E-state index contributed by atoms with van der Waals surface area (Å²) in [5.74, 6) is -0.619. The van der Waals surface area contributed by atoms with Crippen LogP contribution in [0.15, 0.2) is 28.7 Å². The summed E-state index contributed by atoms with van der Waals surface area (Å²) in [5, 5.41) is 0. The molecule has 2 rings (SSSR count). The highest BCUT2D eigenvalue weighted by molar-refractivity contribution is 9.10. The van der Waals surface area contributed by atoms with Crippen molar-refractivity contribution in [3.8, 4) is 5.75 Å². The maximum atomic E-state index is 11.5. The van der Waals surface area contributed by atoms with E-state index in [1.807, 2.05) is 12.1 Å². The third-order valence-corrected chi connectivity index (χ3v) is 3.35. The molecule has 7 heteroatoms. The van der Waals surface area contributed by atoms with Gasteiger partial charge in [-0.25, -0.2) is 0 Å². The maximum Gasteiger partial charge on any atom is 0.326 e. The van der Waals surface area contributed by atoms with Crippen LogP contribution in [0.2, 0.25) is 0 Å². The number of esters is 1. The van der Waals surface area contributed by atoms with E-state index in [0.29, 0.717) is 5.75 Å². The van der Waals surface area contributed by atoms with Crippen LogP contribution in [0.4, 0.5) is 0 Å². The second-order valence-electron chi connectivity index (χ2n) is 4.40. The Labute approximate surface area is 130 Å². The molecule has 0 atom stereocenters. The van der Waals surface area contributed by atoms with Crippen molar-refractivity contribution in [1.82, 2.24) is 4.90 Å². The zero-order valence-electron chi connectivity index (χ0n) is 11.2. The molecule has 0 radical (unpaired) electrons. The Kier molecular flexibility index (Phi) is 5.32. The third kappa shape index (κ3) is 4.56. The Hall–Kier alpha value is -1.89. The molecular formula is C14H14BrNO5. The smallest absolute Gasteiger partial charge is 0.326 e. The number of likely N-dealkylation sites (tertiary alicyclic amines) is 1. The summed E-state index contributed by atoms with van der Waals surface area (Å²) in [4.78, 5) is 35.1. The molecule has 0 bridgehead atoms. The van der Waals surface area contributed by atoms with Gasteiger partial charge in [0.2, 0.25) is 11.8 Å². The van der Waals surface area contributed by atoms with Gasteiger partial charge in [-0.2, -0.15) is 0 Å². The molecule has 0 unspecified atom stereocenters. The van der Waals surface area contributed by atoms with Crippen LogP contribution in [-0.2, 0) is 19.1 Å². The summed E-state index contributed by atoms with van der Waals surface area (Å²) in [6.07, 6.45) is 0.330. The van der Waals surface area contributed by atoms with Crippen molar-refractivity contribution in [1.29, 1.82) is 0 Å². The Morgan fingerprint density at radius 1 is 1.19 bits per heavy atom. The van der Waals surface area contributed by atoms with Crippen LogP contribution in [0.1, 0.15) is 12.8 Å².